The Balaban J connectivity index is 2.57. The molecule has 108 valence electrons. The maximum atomic E-state index is 10.6. The minimum absolute atomic E-state index is 0.0153. The first-order valence-electron chi connectivity index (χ1n) is 7.10. The quantitative estimate of drug-likeness (QED) is 0.742. The van der Waals surface area contributed by atoms with Crippen LogP contribution in [0.25, 0.3) is 0 Å². The van der Waals surface area contributed by atoms with Crippen LogP contribution in [0.15, 0.2) is 4.42 Å². The molecule has 0 saturated heterocycles. The van der Waals surface area contributed by atoms with Gasteiger partial charge in [-0.05, 0) is 18.8 Å². The zero-order valence-electron chi connectivity index (χ0n) is 12.1. The van der Waals surface area contributed by atoms with Crippen molar-refractivity contribution in [2.24, 2.45) is 5.92 Å². The Labute approximate surface area is 114 Å². The van der Waals surface area contributed by atoms with Crippen LogP contribution in [0.3, 0.4) is 0 Å². The zero-order chi connectivity index (χ0) is 14.3. The van der Waals surface area contributed by atoms with Crippen molar-refractivity contribution in [3.63, 3.8) is 0 Å². The van der Waals surface area contributed by atoms with Gasteiger partial charge in [0.05, 0.1) is 0 Å². The van der Waals surface area contributed by atoms with Gasteiger partial charge < -0.3 is 9.52 Å². The number of aromatic nitrogens is 2. The van der Waals surface area contributed by atoms with Crippen molar-refractivity contribution in [3.8, 4) is 0 Å². The molecule has 0 amide bonds. The van der Waals surface area contributed by atoms with Gasteiger partial charge >= 0.3 is 5.97 Å². The molecule has 19 heavy (non-hydrogen) atoms. The van der Waals surface area contributed by atoms with Crippen molar-refractivity contribution in [1.82, 2.24) is 10.2 Å². The summed E-state index contributed by atoms with van der Waals surface area (Å²) in [4.78, 5) is 10.6. The van der Waals surface area contributed by atoms with Gasteiger partial charge in [0.1, 0.15) is 0 Å². The fraction of sp³-hybridized carbons (Fsp3) is 0.786. The number of hydrogen-bond acceptors (Lipinski definition) is 4. The molecule has 5 nitrogen and oxygen atoms in total. The first-order chi connectivity index (χ1) is 9.06. The normalized spacial score (nSPS) is 14.3. The van der Waals surface area contributed by atoms with Crippen molar-refractivity contribution in [2.75, 3.05) is 0 Å². The van der Waals surface area contributed by atoms with E-state index in [1.54, 1.807) is 0 Å². The number of unbranched alkanes of at least 4 members (excludes halogenated alkanes) is 1. The van der Waals surface area contributed by atoms with E-state index < -0.39 is 5.97 Å². The lowest BCUT2D eigenvalue weighted by Crippen LogP contribution is -2.07. The number of nitrogens with zero attached hydrogens (tertiary/aromatic N) is 2. The first kappa shape index (κ1) is 15.7. The predicted molar refractivity (Wildman–Crippen MR) is 72.0 cm³/mol. The zero-order valence-corrected chi connectivity index (χ0v) is 12.1. The summed E-state index contributed by atoms with van der Waals surface area (Å²) in [6.45, 7) is 6.17. The first-order valence-corrected chi connectivity index (χ1v) is 7.10. The van der Waals surface area contributed by atoms with E-state index in [2.05, 4.69) is 24.0 Å². The molecule has 0 aromatic carbocycles. The van der Waals surface area contributed by atoms with E-state index in [0.717, 1.165) is 25.7 Å². The Bertz CT molecular complexity index is 390. The van der Waals surface area contributed by atoms with Gasteiger partial charge in [0.25, 0.3) is 0 Å². The minimum atomic E-state index is -0.790. The summed E-state index contributed by atoms with van der Waals surface area (Å²) >= 11 is 0. The SMILES string of the molecule is CCCCC(CC)c1nnc(CC(C)CC(=O)O)o1. The third kappa shape index (κ3) is 5.41. The van der Waals surface area contributed by atoms with E-state index in [4.69, 9.17) is 9.52 Å². The fourth-order valence-corrected chi connectivity index (χ4v) is 2.14. The van der Waals surface area contributed by atoms with Gasteiger partial charge in [-0.15, -0.1) is 10.2 Å². The van der Waals surface area contributed by atoms with Crippen molar-refractivity contribution >= 4 is 5.97 Å². The number of carbonyl (C=O) groups is 1. The number of aliphatic carboxylic acids is 1. The van der Waals surface area contributed by atoms with Gasteiger partial charge in [0.15, 0.2) is 0 Å². The summed E-state index contributed by atoms with van der Waals surface area (Å²) in [5.41, 5.74) is 0. The van der Waals surface area contributed by atoms with Crippen LogP contribution in [0.5, 0.6) is 0 Å². The molecule has 1 aromatic heterocycles. The molecule has 1 aromatic rings. The molecule has 1 heterocycles. The fourth-order valence-electron chi connectivity index (χ4n) is 2.14. The van der Waals surface area contributed by atoms with Crippen LogP contribution in [-0.4, -0.2) is 21.3 Å². The molecule has 0 fully saturated rings. The predicted octanol–water partition coefficient (Wildman–Crippen LogP) is 3.41. The van der Waals surface area contributed by atoms with E-state index in [1.165, 1.54) is 0 Å². The molecule has 0 aliphatic heterocycles. The molecule has 5 heteroatoms. The molecule has 2 atom stereocenters. The Morgan fingerprint density at radius 1 is 1.37 bits per heavy atom. The Morgan fingerprint density at radius 3 is 2.68 bits per heavy atom. The summed E-state index contributed by atoms with van der Waals surface area (Å²) in [5.74, 6) is 0.811. The number of hydrogen-bond donors (Lipinski definition) is 1. The largest absolute Gasteiger partial charge is 0.481 e. The lowest BCUT2D eigenvalue weighted by atomic mass is 9.99. The smallest absolute Gasteiger partial charge is 0.303 e. The number of carboxylic acids is 1. The highest BCUT2D eigenvalue weighted by molar-refractivity contribution is 5.66. The van der Waals surface area contributed by atoms with Crippen LogP contribution in [0.2, 0.25) is 0 Å². The summed E-state index contributed by atoms with van der Waals surface area (Å²) in [7, 11) is 0. The maximum Gasteiger partial charge on any atom is 0.303 e. The summed E-state index contributed by atoms with van der Waals surface area (Å²) in [6, 6.07) is 0. The van der Waals surface area contributed by atoms with E-state index >= 15 is 0 Å². The van der Waals surface area contributed by atoms with Gasteiger partial charge in [0.2, 0.25) is 11.8 Å². The molecule has 0 bridgehead atoms. The van der Waals surface area contributed by atoms with Crippen LogP contribution in [0, 0.1) is 5.92 Å². The number of carboxylic acid groups (broad SMARTS) is 1. The van der Waals surface area contributed by atoms with Crippen LogP contribution in [0.1, 0.15) is 70.6 Å². The number of rotatable bonds is 9. The Kier molecular flexibility index (Phi) is 6.53. The van der Waals surface area contributed by atoms with Gasteiger partial charge in [-0.2, -0.15) is 0 Å². The van der Waals surface area contributed by atoms with E-state index in [-0.39, 0.29) is 12.3 Å². The third-order valence-electron chi connectivity index (χ3n) is 3.28. The van der Waals surface area contributed by atoms with E-state index in [9.17, 15) is 4.79 Å². The minimum Gasteiger partial charge on any atom is -0.481 e. The molecular weight excluding hydrogens is 244 g/mol. The second kappa shape index (κ2) is 7.92. The molecule has 0 aliphatic rings. The highest BCUT2D eigenvalue weighted by Gasteiger charge is 2.18. The van der Waals surface area contributed by atoms with Crippen molar-refractivity contribution < 1.29 is 14.3 Å². The van der Waals surface area contributed by atoms with Crippen LogP contribution in [-0.2, 0) is 11.2 Å². The van der Waals surface area contributed by atoms with Crippen molar-refractivity contribution in [3.05, 3.63) is 11.8 Å². The molecule has 0 radical (unpaired) electrons. The van der Waals surface area contributed by atoms with Gasteiger partial charge in [-0.3, -0.25) is 4.79 Å². The van der Waals surface area contributed by atoms with E-state index in [1.807, 2.05) is 6.92 Å². The maximum absolute atomic E-state index is 10.6. The average Bonchev–Trinajstić information content (AvgIpc) is 2.77. The van der Waals surface area contributed by atoms with Gasteiger partial charge in [-0.1, -0.05) is 33.6 Å². The lowest BCUT2D eigenvalue weighted by Gasteiger charge is -2.09. The highest BCUT2D eigenvalue weighted by atomic mass is 16.4. The molecule has 1 rings (SSSR count). The summed E-state index contributed by atoms with van der Waals surface area (Å²) in [6.07, 6.45) is 5.04. The second-order valence-corrected chi connectivity index (χ2v) is 5.19. The lowest BCUT2D eigenvalue weighted by molar-refractivity contribution is -0.137. The molecule has 0 spiro atoms. The molecular formula is C14H24N2O3. The highest BCUT2D eigenvalue weighted by Crippen LogP contribution is 2.25. The van der Waals surface area contributed by atoms with E-state index in [0.29, 0.717) is 24.1 Å². The monoisotopic (exact) mass is 268 g/mol. The van der Waals surface area contributed by atoms with Crippen molar-refractivity contribution in [2.45, 2.75) is 65.2 Å². The summed E-state index contributed by atoms with van der Waals surface area (Å²) < 4.78 is 5.67. The van der Waals surface area contributed by atoms with Gasteiger partial charge in [-0.25, -0.2) is 0 Å². The standard InChI is InChI=1S/C14H24N2O3/c1-4-6-7-11(5-2)14-16-15-12(19-14)8-10(3)9-13(17)18/h10-11H,4-9H2,1-3H3,(H,17,18). The second-order valence-electron chi connectivity index (χ2n) is 5.19. The summed E-state index contributed by atoms with van der Waals surface area (Å²) in [5, 5.41) is 16.9. The molecule has 0 aliphatic carbocycles. The van der Waals surface area contributed by atoms with Gasteiger partial charge in [0, 0.05) is 18.8 Å². The topological polar surface area (TPSA) is 76.2 Å². The third-order valence-corrected chi connectivity index (χ3v) is 3.28. The Morgan fingerprint density at radius 2 is 2.11 bits per heavy atom. The molecule has 2 unspecified atom stereocenters. The van der Waals surface area contributed by atoms with Crippen LogP contribution in [0.4, 0.5) is 0 Å². The Hall–Kier alpha value is -1.39. The van der Waals surface area contributed by atoms with Crippen LogP contribution < -0.4 is 0 Å². The van der Waals surface area contributed by atoms with Crippen molar-refractivity contribution in [1.29, 1.82) is 0 Å². The molecule has 0 saturated carbocycles. The average molecular weight is 268 g/mol. The van der Waals surface area contributed by atoms with Crippen LogP contribution >= 0.6 is 0 Å². The molecule has 1 N–H and O–H groups in total.